The van der Waals surface area contributed by atoms with Crippen molar-refractivity contribution in [3.05, 3.63) is 45.3 Å². The van der Waals surface area contributed by atoms with Gasteiger partial charge in [-0.05, 0) is 47.9 Å². The lowest BCUT2D eigenvalue weighted by Crippen LogP contribution is -2.44. The molecule has 3 rings (SSSR count). The number of benzene rings is 1. The Morgan fingerprint density at radius 1 is 1.12 bits per heavy atom. The molecule has 1 aliphatic heterocycles. The van der Waals surface area contributed by atoms with Crippen molar-refractivity contribution in [1.82, 2.24) is 9.91 Å². The second-order valence-electron chi connectivity index (χ2n) is 7.74. The Morgan fingerprint density at radius 2 is 1.79 bits per heavy atom. The molecule has 1 saturated heterocycles. The molecule has 0 bridgehead atoms. The fourth-order valence-corrected chi connectivity index (χ4v) is 3.84. The Hall–Kier alpha value is -1.39. The maximum absolute atomic E-state index is 10.6. The summed E-state index contributed by atoms with van der Waals surface area (Å²) in [6, 6.07) is 8.26. The molecule has 0 saturated carbocycles. The van der Waals surface area contributed by atoms with Gasteiger partial charge in [0.05, 0.1) is 18.4 Å². The summed E-state index contributed by atoms with van der Waals surface area (Å²) >= 11 is 6.06. The molecule has 1 fully saturated rings. The van der Waals surface area contributed by atoms with E-state index in [-0.39, 0.29) is 0 Å². The first-order valence-electron chi connectivity index (χ1n) is 8.74. The number of halogens is 1. The molecule has 24 heavy (non-hydrogen) atoms. The summed E-state index contributed by atoms with van der Waals surface area (Å²) in [5, 5.41) is 5.46. The second-order valence-corrected chi connectivity index (χ2v) is 8.18. The molecule has 0 spiro atoms. The van der Waals surface area contributed by atoms with Crippen molar-refractivity contribution in [2.75, 3.05) is 32.7 Å². The van der Waals surface area contributed by atoms with E-state index in [2.05, 4.69) is 36.2 Å². The third-order valence-corrected chi connectivity index (χ3v) is 5.51. The Bertz CT molecular complexity index is 616. The summed E-state index contributed by atoms with van der Waals surface area (Å²) in [4.78, 5) is 13.1. The zero-order chi connectivity index (χ0) is 17.2. The summed E-state index contributed by atoms with van der Waals surface area (Å²) in [7, 11) is 0. The quantitative estimate of drug-likeness (QED) is 0.746. The zero-order valence-corrected chi connectivity index (χ0v) is 15.4. The van der Waals surface area contributed by atoms with Gasteiger partial charge >= 0.3 is 0 Å². The molecule has 0 atom stereocenters. The fourth-order valence-electron chi connectivity index (χ4n) is 3.71. The van der Waals surface area contributed by atoms with Gasteiger partial charge in [-0.25, -0.2) is 0 Å². The number of hydrogen-bond donors (Lipinski definition) is 0. The van der Waals surface area contributed by atoms with Crippen LogP contribution in [0.5, 0.6) is 0 Å². The van der Waals surface area contributed by atoms with Crippen LogP contribution in [0, 0.1) is 10.3 Å². The van der Waals surface area contributed by atoms with Crippen LogP contribution in [-0.4, -0.2) is 42.6 Å². The first-order valence-corrected chi connectivity index (χ1v) is 9.12. The number of rotatable bonds is 4. The van der Waals surface area contributed by atoms with E-state index in [1.54, 1.807) is 10.6 Å². The Balaban J connectivity index is 1.80. The normalized spacial score (nSPS) is 21.9. The molecule has 1 aromatic carbocycles. The highest BCUT2D eigenvalue weighted by molar-refractivity contribution is 6.30. The van der Waals surface area contributed by atoms with Crippen LogP contribution in [0.25, 0.3) is 5.57 Å². The Morgan fingerprint density at radius 3 is 2.42 bits per heavy atom. The molecule has 0 aromatic heterocycles. The maximum Gasteiger partial charge on any atom is 0.0524 e. The first-order chi connectivity index (χ1) is 11.5. The Labute approximate surface area is 149 Å². The standard InChI is InChI=1S/C19H26ClN3O/c1-19(2)8-7-16(14-22-9-11-23(21-24)12-10-22)18(13-19)15-3-5-17(20)6-4-15/h3-6H,7-14H2,1-2H3. The van der Waals surface area contributed by atoms with E-state index in [0.717, 1.165) is 50.6 Å². The highest BCUT2D eigenvalue weighted by atomic mass is 35.5. The summed E-state index contributed by atoms with van der Waals surface area (Å²) in [5.74, 6) is 0. The van der Waals surface area contributed by atoms with Crippen LogP contribution in [0.1, 0.15) is 38.7 Å². The lowest BCUT2D eigenvalue weighted by Gasteiger charge is -2.37. The number of allylic oxidation sites excluding steroid dienone is 1. The van der Waals surface area contributed by atoms with Gasteiger partial charge in [0.2, 0.25) is 0 Å². The van der Waals surface area contributed by atoms with Crippen molar-refractivity contribution < 1.29 is 0 Å². The Kier molecular flexibility index (Phi) is 5.26. The smallest absolute Gasteiger partial charge is 0.0524 e. The van der Waals surface area contributed by atoms with Gasteiger partial charge in [-0.1, -0.05) is 43.2 Å². The molecule has 1 heterocycles. The van der Waals surface area contributed by atoms with Crippen LogP contribution in [-0.2, 0) is 0 Å². The molecular formula is C19H26ClN3O. The van der Waals surface area contributed by atoms with E-state index in [0.29, 0.717) is 5.41 Å². The molecule has 130 valence electrons. The molecule has 1 aliphatic carbocycles. The van der Waals surface area contributed by atoms with Crippen LogP contribution in [0.3, 0.4) is 0 Å². The average Bonchev–Trinajstić information content (AvgIpc) is 2.58. The summed E-state index contributed by atoms with van der Waals surface area (Å²) in [6.07, 6.45) is 3.49. The van der Waals surface area contributed by atoms with Gasteiger partial charge in [-0.2, -0.15) is 0 Å². The minimum Gasteiger partial charge on any atom is -0.296 e. The predicted octanol–water partition coefficient (Wildman–Crippen LogP) is 4.60. The third-order valence-electron chi connectivity index (χ3n) is 5.26. The lowest BCUT2D eigenvalue weighted by molar-refractivity contribution is 0.141. The largest absolute Gasteiger partial charge is 0.296 e. The van der Waals surface area contributed by atoms with E-state index in [1.807, 2.05) is 12.1 Å². The van der Waals surface area contributed by atoms with Gasteiger partial charge in [-0.3, -0.25) is 9.91 Å². The number of nitroso groups, excluding NO2 is 1. The summed E-state index contributed by atoms with van der Waals surface area (Å²) in [5.41, 5.74) is 4.68. The van der Waals surface area contributed by atoms with E-state index in [9.17, 15) is 4.91 Å². The minimum atomic E-state index is 0.346. The maximum atomic E-state index is 10.6. The SMILES string of the molecule is CC1(C)CCC(CN2CCN(N=O)CC2)=C(c2ccc(Cl)cc2)C1. The van der Waals surface area contributed by atoms with E-state index >= 15 is 0 Å². The van der Waals surface area contributed by atoms with Gasteiger partial charge in [0.25, 0.3) is 0 Å². The van der Waals surface area contributed by atoms with Crippen LogP contribution in [0.15, 0.2) is 35.1 Å². The predicted molar refractivity (Wildman–Crippen MR) is 99.8 cm³/mol. The molecule has 2 aliphatic rings. The van der Waals surface area contributed by atoms with Crippen LogP contribution in [0.4, 0.5) is 0 Å². The summed E-state index contributed by atoms with van der Waals surface area (Å²) < 4.78 is 0. The monoisotopic (exact) mass is 347 g/mol. The van der Waals surface area contributed by atoms with Crippen molar-refractivity contribution >= 4 is 17.2 Å². The van der Waals surface area contributed by atoms with Crippen molar-refractivity contribution in [2.24, 2.45) is 10.7 Å². The van der Waals surface area contributed by atoms with Crippen LogP contribution >= 0.6 is 11.6 Å². The number of nitrogens with zero attached hydrogens (tertiary/aromatic N) is 3. The van der Waals surface area contributed by atoms with Crippen molar-refractivity contribution in [2.45, 2.75) is 33.1 Å². The fraction of sp³-hybridized carbons (Fsp3) is 0.579. The molecule has 0 unspecified atom stereocenters. The number of piperazine rings is 1. The third kappa shape index (κ3) is 4.17. The highest BCUT2D eigenvalue weighted by Gasteiger charge is 2.29. The highest BCUT2D eigenvalue weighted by Crippen LogP contribution is 2.43. The molecular weight excluding hydrogens is 322 g/mol. The average molecular weight is 348 g/mol. The first kappa shape index (κ1) is 17.4. The minimum absolute atomic E-state index is 0.346. The molecule has 4 nitrogen and oxygen atoms in total. The van der Waals surface area contributed by atoms with Gasteiger partial charge in [-0.15, -0.1) is 4.91 Å². The van der Waals surface area contributed by atoms with Crippen LogP contribution in [0.2, 0.25) is 5.02 Å². The molecule has 0 amide bonds. The van der Waals surface area contributed by atoms with Crippen molar-refractivity contribution in [3.8, 4) is 0 Å². The molecule has 5 heteroatoms. The van der Waals surface area contributed by atoms with E-state index < -0.39 is 0 Å². The molecule has 0 N–H and O–H groups in total. The van der Waals surface area contributed by atoms with Gasteiger partial charge in [0.1, 0.15) is 0 Å². The van der Waals surface area contributed by atoms with Crippen LogP contribution < -0.4 is 0 Å². The van der Waals surface area contributed by atoms with Gasteiger partial charge in [0.15, 0.2) is 0 Å². The van der Waals surface area contributed by atoms with E-state index in [4.69, 9.17) is 11.6 Å². The van der Waals surface area contributed by atoms with E-state index in [1.165, 1.54) is 17.6 Å². The van der Waals surface area contributed by atoms with Gasteiger partial charge in [0, 0.05) is 24.7 Å². The van der Waals surface area contributed by atoms with Crippen molar-refractivity contribution in [3.63, 3.8) is 0 Å². The topological polar surface area (TPSA) is 35.9 Å². The lowest BCUT2D eigenvalue weighted by atomic mass is 9.72. The second kappa shape index (κ2) is 7.24. The zero-order valence-electron chi connectivity index (χ0n) is 14.6. The molecule has 1 aromatic rings. The number of hydrogen-bond acceptors (Lipinski definition) is 3. The molecule has 0 radical (unpaired) electrons. The summed E-state index contributed by atoms with van der Waals surface area (Å²) in [6.45, 7) is 9.00. The van der Waals surface area contributed by atoms with Gasteiger partial charge < -0.3 is 0 Å². The van der Waals surface area contributed by atoms with Crippen molar-refractivity contribution in [1.29, 1.82) is 0 Å².